The number of aromatic nitrogens is 2. The van der Waals surface area contributed by atoms with Crippen LogP contribution >= 0.6 is 0 Å². The molecule has 13 heavy (non-hydrogen) atoms. The van der Waals surface area contributed by atoms with Crippen LogP contribution in [0.4, 0.5) is 0 Å². The molecule has 0 unspecified atom stereocenters. The Balaban J connectivity index is 0.000000251. The molecular formula is C9H8N2O2. The Bertz CT molecular complexity index is 325. The van der Waals surface area contributed by atoms with Crippen LogP contribution in [0, 0.1) is 0 Å². The third-order valence-electron chi connectivity index (χ3n) is 1.38. The van der Waals surface area contributed by atoms with Gasteiger partial charge in [0.05, 0.1) is 0 Å². The zero-order chi connectivity index (χ0) is 9.52. The predicted octanol–water partition coefficient (Wildman–Crippen LogP) is 1.33. The lowest BCUT2D eigenvalue weighted by Gasteiger charge is -1.90. The summed E-state index contributed by atoms with van der Waals surface area (Å²) in [6.07, 6.45) is 3.49. The lowest BCUT2D eigenvalue weighted by Crippen LogP contribution is -1.78. The maximum absolute atomic E-state index is 8.36. The highest BCUT2D eigenvalue weighted by Crippen LogP contribution is 2.04. The number of rotatable bonds is 0. The average molecular weight is 176 g/mol. The largest absolute Gasteiger partial charge is 0.483 e. The lowest BCUT2D eigenvalue weighted by atomic mass is 10.3. The smallest absolute Gasteiger partial charge is 0.290 e. The quantitative estimate of drug-likeness (QED) is 0.615. The molecule has 2 aromatic rings. The summed E-state index contributed by atoms with van der Waals surface area (Å²) >= 11 is 0. The molecule has 0 radical (unpaired) electrons. The summed E-state index contributed by atoms with van der Waals surface area (Å²) in [6.45, 7) is -0.250. The number of hydrogen-bond donors (Lipinski definition) is 1. The Kier molecular flexibility index (Phi) is 3.38. The van der Waals surface area contributed by atoms with Gasteiger partial charge in [0.15, 0.2) is 5.65 Å². The van der Waals surface area contributed by atoms with Crippen LogP contribution in [0.1, 0.15) is 0 Å². The van der Waals surface area contributed by atoms with Gasteiger partial charge in [0.1, 0.15) is 0 Å². The van der Waals surface area contributed by atoms with Gasteiger partial charge in [0.25, 0.3) is 6.47 Å². The van der Waals surface area contributed by atoms with Gasteiger partial charge >= 0.3 is 0 Å². The third kappa shape index (κ3) is 2.52. The molecule has 2 heterocycles. The van der Waals surface area contributed by atoms with Gasteiger partial charge in [-0.25, -0.2) is 9.97 Å². The second kappa shape index (κ2) is 4.82. The van der Waals surface area contributed by atoms with Crippen LogP contribution in [0.3, 0.4) is 0 Å². The summed E-state index contributed by atoms with van der Waals surface area (Å²) in [4.78, 5) is 16.5. The maximum Gasteiger partial charge on any atom is 0.290 e. The fraction of sp³-hybridized carbons (Fsp3) is 0. The van der Waals surface area contributed by atoms with E-state index in [0.29, 0.717) is 0 Å². The van der Waals surface area contributed by atoms with E-state index in [9.17, 15) is 0 Å². The summed E-state index contributed by atoms with van der Waals surface area (Å²) in [7, 11) is 0. The molecule has 0 aliphatic rings. The van der Waals surface area contributed by atoms with E-state index in [4.69, 9.17) is 9.90 Å². The molecule has 0 spiro atoms. The topological polar surface area (TPSA) is 63.1 Å². The molecule has 2 rings (SSSR count). The van der Waals surface area contributed by atoms with E-state index in [-0.39, 0.29) is 6.47 Å². The van der Waals surface area contributed by atoms with Crippen molar-refractivity contribution in [2.24, 2.45) is 0 Å². The van der Waals surface area contributed by atoms with Crippen LogP contribution in [0.25, 0.3) is 11.0 Å². The minimum atomic E-state index is -0.250. The summed E-state index contributed by atoms with van der Waals surface area (Å²) in [5.74, 6) is 0. The fourth-order valence-corrected chi connectivity index (χ4v) is 0.908. The van der Waals surface area contributed by atoms with Gasteiger partial charge in [0.2, 0.25) is 0 Å². The predicted molar refractivity (Wildman–Crippen MR) is 48.2 cm³/mol. The zero-order valence-corrected chi connectivity index (χ0v) is 6.79. The standard InChI is InChI=1S/C8H6N2.CH2O2/c1-3-7-4-2-6-10-8(7)9-5-1;2-1-3/h1-6H;1H,(H,2,3). The van der Waals surface area contributed by atoms with Crippen LogP contribution in [-0.2, 0) is 4.79 Å². The van der Waals surface area contributed by atoms with Crippen molar-refractivity contribution < 1.29 is 9.90 Å². The molecule has 4 nitrogen and oxygen atoms in total. The Hall–Kier alpha value is -1.97. The van der Waals surface area contributed by atoms with Crippen LogP contribution in [0.15, 0.2) is 36.7 Å². The van der Waals surface area contributed by atoms with Gasteiger partial charge < -0.3 is 5.11 Å². The number of fused-ring (bicyclic) bond motifs is 1. The number of carbonyl (C=O) groups is 1. The van der Waals surface area contributed by atoms with Crippen LogP contribution in [-0.4, -0.2) is 21.5 Å². The van der Waals surface area contributed by atoms with Crippen molar-refractivity contribution >= 4 is 17.5 Å². The van der Waals surface area contributed by atoms with Crippen molar-refractivity contribution in [1.82, 2.24) is 9.97 Å². The van der Waals surface area contributed by atoms with E-state index >= 15 is 0 Å². The Labute approximate surface area is 74.9 Å². The summed E-state index contributed by atoms with van der Waals surface area (Å²) in [6, 6.07) is 7.80. The summed E-state index contributed by atoms with van der Waals surface area (Å²) in [5, 5.41) is 7.98. The van der Waals surface area contributed by atoms with Gasteiger partial charge in [0, 0.05) is 17.8 Å². The van der Waals surface area contributed by atoms with E-state index in [2.05, 4.69) is 9.97 Å². The first-order chi connectivity index (χ1) is 6.38. The summed E-state index contributed by atoms with van der Waals surface area (Å²) in [5.41, 5.74) is 0.810. The second-order valence-electron chi connectivity index (χ2n) is 2.16. The molecule has 0 atom stereocenters. The zero-order valence-electron chi connectivity index (χ0n) is 6.79. The second-order valence-corrected chi connectivity index (χ2v) is 2.16. The van der Waals surface area contributed by atoms with E-state index in [1.54, 1.807) is 12.4 Å². The Morgan fingerprint density at radius 3 is 2.00 bits per heavy atom. The first-order valence-corrected chi connectivity index (χ1v) is 3.62. The molecule has 0 aliphatic carbocycles. The minimum absolute atomic E-state index is 0.250. The monoisotopic (exact) mass is 176 g/mol. The molecule has 0 fully saturated rings. The van der Waals surface area contributed by atoms with Gasteiger partial charge in [-0.2, -0.15) is 0 Å². The van der Waals surface area contributed by atoms with Gasteiger partial charge in [-0.3, -0.25) is 4.79 Å². The van der Waals surface area contributed by atoms with Crippen LogP contribution in [0.5, 0.6) is 0 Å². The highest BCUT2D eigenvalue weighted by molar-refractivity contribution is 5.73. The van der Waals surface area contributed by atoms with E-state index in [1.165, 1.54) is 0 Å². The number of carboxylic acid groups (broad SMARTS) is 1. The molecule has 0 saturated heterocycles. The third-order valence-corrected chi connectivity index (χ3v) is 1.38. The van der Waals surface area contributed by atoms with E-state index in [0.717, 1.165) is 11.0 Å². The van der Waals surface area contributed by atoms with Crippen molar-refractivity contribution in [3.63, 3.8) is 0 Å². The van der Waals surface area contributed by atoms with Crippen molar-refractivity contribution in [3.8, 4) is 0 Å². The fourth-order valence-electron chi connectivity index (χ4n) is 0.908. The van der Waals surface area contributed by atoms with Crippen molar-refractivity contribution in [2.75, 3.05) is 0 Å². The SMILES string of the molecule is O=CO.c1cnc2ncccc2c1. The molecule has 66 valence electrons. The van der Waals surface area contributed by atoms with E-state index < -0.39 is 0 Å². The molecule has 0 amide bonds. The Morgan fingerprint density at radius 2 is 1.62 bits per heavy atom. The van der Waals surface area contributed by atoms with Gasteiger partial charge in [-0.1, -0.05) is 0 Å². The molecule has 0 aromatic carbocycles. The molecule has 4 heteroatoms. The molecule has 0 saturated carbocycles. The molecule has 0 bridgehead atoms. The Morgan fingerprint density at radius 1 is 1.15 bits per heavy atom. The minimum Gasteiger partial charge on any atom is -0.483 e. The maximum atomic E-state index is 8.36. The lowest BCUT2D eigenvalue weighted by molar-refractivity contribution is -0.122. The highest BCUT2D eigenvalue weighted by atomic mass is 16.3. The molecule has 1 N–H and O–H groups in total. The normalized spacial score (nSPS) is 8.62. The average Bonchev–Trinajstić information content (AvgIpc) is 2.19. The molecule has 2 aromatic heterocycles. The van der Waals surface area contributed by atoms with E-state index in [1.807, 2.05) is 24.3 Å². The number of hydrogen-bond acceptors (Lipinski definition) is 3. The highest BCUT2D eigenvalue weighted by Gasteiger charge is 1.88. The summed E-state index contributed by atoms with van der Waals surface area (Å²) < 4.78 is 0. The van der Waals surface area contributed by atoms with Crippen molar-refractivity contribution in [1.29, 1.82) is 0 Å². The first kappa shape index (κ1) is 9.12. The first-order valence-electron chi connectivity index (χ1n) is 3.62. The van der Waals surface area contributed by atoms with Crippen molar-refractivity contribution in [2.45, 2.75) is 0 Å². The molecule has 0 aliphatic heterocycles. The van der Waals surface area contributed by atoms with Gasteiger partial charge in [-0.05, 0) is 24.3 Å². The molecular weight excluding hydrogens is 168 g/mol. The van der Waals surface area contributed by atoms with Crippen LogP contribution < -0.4 is 0 Å². The van der Waals surface area contributed by atoms with Gasteiger partial charge in [-0.15, -0.1) is 0 Å². The number of pyridine rings is 2. The van der Waals surface area contributed by atoms with Crippen molar-refractivity contribution in [3.05, 3.63) is 36.7 Å². The van der Waals surface area contributed by atoms with Crippen LogP contribution in [0.2, 0.25) is 0 Å². The number of nitrogens with zero attached hydrogens (tertiary/aromatic N) is 2.